The first-order valence-corrected chi connectivity index (χ1v) is 8.12. The lowest BCUT2D eigenvalue weighted by atomic mass is 10.0. The third-order valence-corrected chi connectivity index (χ3v) is 3.58. The van der Waals surface area contributed by atoms with Crippen molar-refractivity contribution in [3.63, 3.8) is 0 Å². The van der Waals surface area contributed by atoms with Crippen molar-refractivity contribution in [1.29, 1.82) is 0 Å². The molecule has 0 radical (unpaired) electrons. The minimum Gasteiger partial charge on any atom is -0.489 e. The summed E-state index contributed by atoms with van der Waals surface area (Å²) in [5.74, 6) is 0.772. The summed E-state index contributed by atoms with van der Waals surface area (Å²) < 4.78 is 11.2. The van der Waals surface area contributed by atoms with E-state index in [9.17, 15) is 0 Å². The number of nitrogen functional groups attached to an aromatic ring is 1. The molecule has 0 aromatic heterocycles. The zero-order valence-electron chi connectivity index (χ0n) is 13.8. The molecule has 1 aliphatic carbocycles. The van der Waals surface area contributed by atoms with Crippen molar-refractivity contribution < 1.29 is 9.47 Å². The molecule has 0 aliphatic heterocycles. The smallest absolute Gasteiger partial charge is 0.138 e. The van der Waals surface area contributed by atoms with Crippen LogP contribution < -0.4 is 11.5 Å². The van der Waals surface area contributed by atoms with Gasteiger partial charge in [0.15, 0.2) is 0 Å². The van der Waals surface area contributed by atoms with Gasteiger partial charge in [-0.25, -0.2) is 0 Å². The van der Waals surface area contributed by atoms with Gasteiger partial charge in [0.05, 0.1) is 12.3 Å². The Morgan fingerprint density at radius 3 is 2.52 bits per heavy atom. The Bertz CT molecular complexity index is 586. The Balaban J connectivity index is 1.91. The normalized spacial score (nSPS) is 15.1. The largest absolute Gasteiger partial charge is 0.489 e. The summed E-state index contributed by atoms with van der Waals surface area (Å²) >= 11 is 0. The Hall–Kier alpha value is -2.20. The van der Waals surface area contributed by atoms with Crippen LogP contribution in [0.1, 0.15) is 31.7 Å². The van der Waals surface area contributed by atoms with E-state index >= 15 is 0 Å². The number of benzene rings is 1. The molecule has 4 heteroatoms. The van der Waals surface area contributed by atoms with Gasteiger partial charge in [-0.05, 0) is 48.6 Å². The highest BCUT2D eigenvalue weighted by Gasteiger charge is 2.10. The summed E-state index contributed by atoms with van der Waals surface area (Å²) in [6.07, 6.45) is 8.97. The fourth-order valence-corrected chi connectivity index (χ4v) is 2.27. The van der Waals surface area contributed by atoms with Crippen LogP contribution in [0.15, 0.2) is 53.4 Å². The zero-order valence-corrected chi connectivity index (χ0v) is 13.8. The predicted octanol–water partition coefficient (Wildman–Crippen LogP) is 3.62. The summed E-state index contributed by atoms with van der Waals surface area (Å²) in [7, 11) is 0. The molecule has 1 aliphatic rings. The van der Waals surface area contributed by atoms with E-state index in [1.807, 2.05) is 30.3 Å². The third-order valence-electron chi connectivity index (χ3n) is 3.58. The van der Waals surface area contributed by atoms with E-state index in [2.05, 4.69) is 19.1 Å². The molecule has 1 aromatic rings. The molecule has 1 aromatic carbocycles. The minimum absolute atomic E-state index is 0.529. The molecule has 0 saturated carbocycles. The number of nitrogens with two attached hydrogens (primary N) is 2. The van der Waals surface area contributed by atoms with Gasteiger partial charge < -0.3 is 20.9 Å². The van der Waals surface area contributed by atoms with Gasteiger partial charge in [-0.15, -0.1) is 0 Å². The van der Waals surface area contributed by atoms with Gasteiger partial charge in [-0.3, -0.25) is 0 Å². The lowest BCUT2D eigenvalue weighted by Crippen LogP contribution is -2.12. The van der Waals surface area contributed by atoms with Crippen molar-refractivity contribution in [2.75, 3.05) is 25.6 Å². The fraction of sp³-hybridized carbons (Fsp3) is 0.368. The average Bonchev–Trinajstić information content (AvgIpc) is 2.56. The van der Waals surface area contributed by atoms with E-state index in [0.717, 1.165) is 48.6 Å². The molecule has 0 unspecified atom stereocenters. The fourth-order valence-electron chi connectivity index (χ4n) is 2.27. The molecule has 124 valence electrons. The molecular formula is C19H26N2O2. The third kappa shape index (κ3) is 5.83. The first kappa shape index (κ1) is 17.2. The van der Waals surface area contributed by atoms with Gasteiger partial charge in [0, 0.05) is 12.3 Å². The Morgan fingerprint density at radius 1 is 1.00 bits per heavy atom. The molecule has 4 N–H and O–H groups in total. The van der Waals surface area contributed by atoms with E-state index in [0.29, 0.717) is 13.2 Å². The molecule has 2 rings (SSSR count). The van der Waals surface area contributed by atoms with Crippen LogP contribution in [-0.4, -0.2) is 19.8 Å². The van der Waals surface area contributed by atoms with Crippen LogP contribution in [0.25, 0.3) is 6.08 Å². The quantitative estimate of drug-likeness (QED) is 0.568. The summed E-state index contributed by atoms with van der Waals surface area (Å²) in [5.41, 5.74) is 15.6. The lowest BCUT2D eigenvalue weighted by Gasteiger charge is -2.17. The first-order chi connectivity index (χ1) is 11.2. The molecule has 0 heterocycles. The molecule has 23 heavy (non-hydrogen) atoms. The number of ether oxygens (including phenoxy) is 2. The maximum atomic E-state index is 6.04. The monoisotopic (exact) mass is 314 g/mol. The van der Waals surface area contributed by atoms with Crippen molar-refractivity contribution in [3.05, 3.63) is 59.0 Å². The topological polar surface area (TPSA) is 70.5 Å². The molecule has 0 saturated heterocycles. The maximum Gasteiger partial charge on any atom is 0.138 e. The van der Waals surface area contributed by atoms with Crippen molar-refractivity contribution >= 4 is 11.8 Å². The molecular weight excluding hydrogens is 288 g/mol. The summed E-state index contributed by atoms with van der Waals surface area (Å²) in [6, 6.07) is 7.80. The first-order valence-electron chi connectivity index (χ1n) is 8.12. The van der Waals surface area contributed by atoms with Crippen LogP contribution in [0.3, 0.4) is 0 Å². The number of rotatable bonds is 8. The van der Waals surface area contributed by atoms with Crippen molar-refractivity contribution in [2.24, 2.45) is 5.73 Å². The van der Waals surface area contributed by atoms with Crippen LogP contribution in [0, 0.1) is 0 Å². The molecule has 4 nitrogen and oxygen atoms in total. The molecule has 0 spiro atoms. The minimum atomic E-state index is 0.529. The Kier molecular flexibility index (Phi) is 6.76. The van der Waals surface area contributed by atoms with Gasteiger partial charge in [0.2, 0.25) is 0 Å². The number of hydrogen-bond donors (Lipinski definition) is 2. The number of hydrogen-bond acceptors (Lipinski definition) is 4. The number of anilines is 1. The summed E-state index contributed by atoms with van der Waals surface area (Å²) in [6.45, 7) is 3.98. The highest BCUT2D eigenvalue weighted by molar-refractivity contribution is 5.56. The summed E-state index contributed by atoms with van der Waals surface area (Å²) in [5, 5.41) is 0. The van der Waals surface area contributed by atoms with E-state index in [-0.39, 0.29) is 0 Å². The van der Waals surface area contributed by atoms with E-state index in [1.165, 1.54) is 5.57 Å². The van der Waals surface area contributed by atoms with Crippen LogP contribution in [0.4, 0.5) is 5.69 Å². The van der Waals surface area contributed by atoms with Crippen LogP contribution in [0.2, 0.25) is 0 Å². The van der Waals surface area contributed by atoms with Gasteiger partial charge in [-0.2, -0.15) is 0 Å². The van der Waals surface area contributed by atoms with Crippen LogP contribution >= 0.6 is 0 Å². The lowest BCUT2D eigenvalue weighted by molar-refractivity contribution is 0.0779. The second-order valence-corrected chi connectivity index (χ2v) is 5.57. The number of allylic oxidation sites excluding steroid dienone is 4. The van der Waals surface area contributed by atoms with E-state index in [4.69, 9.17) is 20.9 Å². The second kappa shape index (κ2) is 9.06. The summed E-state index contributed by atoms with van der Waals surface area (Å²) in [4.78, 5) is 0. The molecule has 0 fully saturated rings. The van der Waals surface area contributed by atoms with Gasteiger partial charge in [-0.1, -0.05) is 31.2 Å². The van der Waals surface area contributed by atoms with Gasteiger partial charge >= 0.3 is 0 Å². The highest BCUT2D eigenvalue weighted by Crippen LogP contribution is 2.23. The van der Waals surface area contributed by atoms with Gasteiger partial charge in [0.1, 0.15) is 12.4 Å². The molecule has 0 amide bonds. The molecule has 0 bridgehead atoms. The van der Waals surface area contributed by atoms with Crippen molar-refractivity contribution in [1.82, 2.24) is 0 Å². The SMILES string of the molecule is CCCOCCOC1=C(N)CCC(/C=C/c2ccc(N)cc2)=C1. The van der Waals surface area contributed by atoms with Crippen LogP contribution in [0.5, 0.6) is 0 Å². The molecule has 0 atom stereocenters. The second-order valence-electron chi connectivity index (χ2n) is 5.57. The van der Waals surface area contributed by atoms with E-state index < -0.39 is 0 Å². The van der Waals surface area contributed by atoms with E-state index in [1.54, 1.807) is 0 Å². The highest BCUT2D eigenvalue weighted by atomic mass is 16.5. The van der Waals surface area contributed by atoms with Crippen molar-refractivity contribution in [2.45, 2.75) is 26.2 Å². The van der Waals surface area contributed by atoms with Gasteiger partial charge in [0.25, 0.3) is 0 Å². The standard InChI is InChI=1S/C19H26N2O2/c1-2-11-22-12-13-23-19-14-16(7-10-18(19)21)4-3-15-5-8-17(20)9-6-15/h3-6,8-9,14H,2,7,10-13,20-21H2,1H3/b4-3+. The maximum absolute atomic E-state index is 6.04. The Labute approximate surface area is 138 Å². The van der Waals surface area contributed by atoms with Crippen LogP contribution in [-0.2, 0) is 9.47 Å². The zero-order chi connectivity index (χ0) is 16.5. The van der Waals surface area contributed by atoms with Crippen molar-refractivity contribution in [3.8, 4) is 0 Å². The predicted molar refractivity (Wildman–Crippen MR) is 95.5 cm³/mol. The average molecular weight is 314 g/mol. The Morgan fingerprint density at radius 2 is 1.78 bits per heavy atom.